The molecule has 2 aromatic rings. The minimum atomic E-state index is -0.655. The van der Waals surface area contributed by atoms with E-state index in [4.69, 9.17) is 9.47 Å². The van der Waals surface area contributed by atoms with Crippen LogP contribution in [0.4, 0.5) is 11.4 Å². The Labute approximate surface area is 179 Å². The number of ether oxygens (including phenoxy) is 2. The maximum Gasteiger partial charge on any atom is 0.307 e. The first-order valence-corrected chi connectivity index (χ1v) is 10.4. The lowest BCUT2D eigenvalue weighted by Crippen LogP contribution is -2.21. The summed E-state index contributed by atoms with van der Waals surface area (Å²) >= 11 is 1.53. The highest BCUT2D eigenvalue weighted by molar-refractivity contribution is 7.99. The van der Waals surface area contributed by atoms with E-state index in [2.05, 4.69) is 11.4 Å². The van der Waals surface area contributed by atoms with Gasteiger partial charge in [-0.1, -0.05) is 6.07 Å². The lowest BCUT2D eigenvalue weighted by atomic mass is 10.1. The molecule has 1 N–H and O–H groups in total. The van der Waals surface area contributed by atoms with Gasteiger partial charge < -0.3 is 14.8 Å². The normalized spacial score (nSPS) is 10.4. The van der Waals surface area contributed by atoms with Gasteiger partial charge in [-0.15, -0.1) is 11.8 Å². The molecule has 30 heavy (non-hydrogen) atoms. The molecule has 0 aromatic heterocycles. The molecule has 0 saturated carbocycles. The van der Waals surface area contributed by atoms with E-state index in [1.807, 2.05) is 26.0 Å². The number of rotatable bonds is 10. The Kier molecular flexibility index (Phi) is 8.67. The Morgan fingerprint density at radius 3 is 2.57 bits per heavy atom. The quantitative estimate of drug-likeness (QED) is 0.258. The van der Waals surface area contributed by atoms with Gasteiger partial charge >= 0.3 is 5.97 Å². The van der Waals surface area contributed by atoms with E-state index in [0.717, 1.165) is 4.90 Å². The van der Waals surface area contributed by atoms with E-state index in [-0.39, 0.29) is 17.8 Å². The highest BCUT2D eigenvalue weighted by Crippen LogP contribution is 2.29. The van der Waals surface area contributed by atoms with Crippen molar-refractivity contribution in [3.8, 4) is 5.75 Å². The molecule has 0 aliphatic heterocycles. The summed E-state index contributed by atoms with van der Waals surface area (Å²) in [5.41, 5.74) is 2.10. The average molecular weight is 432 g/mol. The molecule has 0 unspecified atom stereocenters. The predicted octanol–water partition coefficient (Wildman–Crippen LogP) is 4.27. The van der Waals surface area contributed by atoms with Crippen molar-refractivity contribution in [2.45, 2.75) is 32.1 Å². The Balaban J connectivity index is 1.80. The van der Waals surface area contributed by atoms with Gasteiger partial charge in [0.25, 0.3) is 11.6 Å². The number of carbonyl (C=O) groups excluding carboxylic acids is 2. The summed E-state index contributed by atoms with van der Waals surface area (Å²) in [5, 5.41) is 13.6. The standard InChI is InChI=1S/C21H24N2O6S/c1-4-28-16-6-8-18(19(12-16)23(26)27)22-20(24)13-29-21(25)9-10-30-17-7-5-14(2)15(3)11-17/h5-8,11-12H,4,9-10,13H2,1-3H3,(H,22,24). The monoisotopic (exact) mass is 432 g/mol. The zero-order chi connectivity index (χ0) is 22.1. The van der Waals surface area contributed by atoms with Crippen LogP contribution < -0.4 is 10.1 Å². The van der Waals surface area contributed by atoms with Crippen LogP contribution in [0.25, 0.3) is 0 Å². The van der Waals surface area contributed by atoms with Crippen LogP contribution in [0.2, 0.25) is 0 Å². The topological polar surface area (TPSA) is 108 Å². The minimum Gasteiger partial charge on any atom is -0.494 e. The van der Waals surface area contributed by atoms with E-state index in [9.17, 15) is 19.7 Å². The summed E-state index contributed by atoms with van der Waals surface area (Å²) < 4.78 is 10.2. The van der Waals surface area contributed by atoms with Gasteiger partial charge in [0.05, 0.1) is 24.0 Å². The summed E-state index contributed by atoms with van der Waals surface area (Å²) in [5.74, 6) is -0.317. The molecule has 0 radical (unpaired) electrons. The van der Waals surface area contributed by atoms with Crippen molar-refractivity contribution in [3.05, 3.63) is 57.6 Å². The summed E-state index contributed by atoms with van der Waals surface area (Å²) in [6, 6.07) is 10.2. The number of nitrogens with zero attached hydrogens (tertiary/aromatic N) is 1. The third kappa shape index (κ3) is 7.07. The van der Waals surface area contributed by atoms with E-state index in [1.54, 1.807) is 6.92 Å². The molecule has 8 nitrogen and oxygen atoms in total. The fraction of sp³-hybridized carbons (Fsp3) is 0.333. The van der Waals surface area contributed by atoms with Gasteiger partial charge in [-0.2, -0.15) is 0 Å². The summed E-state index contributed by atoms with van der Waals surface area (Å²) in [4.78, 5) is 35.5. The van der Waals surface area contributed by atoms with E-state index >= 15 is 0 Å². The molecule has 0 atom stereocenters. The van der Waals surface area contributed by atoms with Crippen molar-refractivity contribution < 1.29 is 24.0 Å². The van der Waals surface area contributed by atoms with Gasteiger partial charge in [-0.05, 0) is 56.2 Å². The number of amides is 1. The van der Waals surface area contributed by atoms with Gasteiger partial charge in [-0.3, -0.25) is 19.7 Å². The molecule has 0 spiro atoms. The molecule has 9 heteroatoms. The van der Waals surface area contributed by atoms with Crippen molar-refractivity contribution >= 4 is 35.0 Å². The number of thioether (sulfide) groups is 1. The fourth-order valence-corrected chi connectivity index (χ4v) is 3.41. The predicted molar refractivity (Wildman–Crippen MR) is 115 cm³/mol. The van der Waals surface area contributed by atoms with Gasteiger partial charge in [0.15, 0.2) is 6.61 Å². The van der Waals surface area contributed by atoms with Crippen LogP contribution in [-0.2, 0) is 14.3 Å². The number of hydrogen-bond acceptors (Lipinski definition) is 7. The molecular formula is C21H24N2O6S. The zero-order valence-electron chi connectivity index (χ0n) is 17.1. The average Bonchev–Trinajstić information content (AvgIpc) is 2.70. The highest BCUT2D eigenvalue weighted by Gasteiger charge is 2.18. The highest BCUT2D eigenvalue weighted by atomic mass is 32.2. The Hall–Kier alpha value is -3.07. The zero-order valence-corrected chi connectivity index (χ0v) is 17.9. The van der Waals surface area contributed by atoms with Gasteiger partial charge in [-0.25, -0.2) is 0 Å². The second-order valence-electron chi connectivity index (χ2n) is 6.42. The number of nitrogens with one attached hydrogen (secondary N) is 1. The second-order valence-corrected chi connectivity index (χ2v) is 7.59. The molecule has 0 fully saturated rings. The van der Waals surface area contributed by atoms with Crippen LogP contribution in [0.5, 0.6) is 5.75 Å². The number of aryl methyl sites for hydroxylation is 2. The van der Waals surface area contributed by atoms with E-state index in [0.29, 0.717) is 18.1 Å². The van der Waals surface area contributed by atoms with Gasteiger partial charge in [0, 0.05) is 10.6 Å². The van der Waals surface area contributed by atoms with Crippen LogP contribution in [-0.4, -0.2) is 35.8 Å². The van der Waals surface area contributed by atoms with Crippen LogP contribution >= 0.6 is 11.8 Å². The molecule has 0 saturated heterocycles. The number of nitro benzene ring substituents is 1. The van der Waals surface area contributed by atoms with Gasteiger partial charge in [0.2, 0.25) is 0 Å². The van der Waals surface area contributed by atoms with E-state index in [1.165, 1.54) is 41.1 Å². The summed E-state index contributed by atoms with van der Waals surface area (Å²) in [6.07, 6.45) is 0.147. The summed E-state index contributed by atoms with van der Waals surface area (Å²) in [7, 11) is 0. The molecule has 1 amide bonds. The van der Waals surface area contributed by atoms with Crippen molar-refractivity contribution in [1.82, 2.24) is 0 Å². The lowest BCUT2D eigenvalue weighted by molar-refractivity contribution is -0.384. The maximum atomic E-state index is 12.0. The van der Waals surface area contributed by atoms with Gasteiger partial charge in [0.1, 0.15) is 11.4 Å². The first kappa shape index (κ1) is 23.2. The number of carbonyl (C=O) groups is 2. The number of hydrogen-bond donors (Lipinski definition) is 1. The third-order valence-electron chi connectivity index (χ3n) is 4.17. The van der Waals surface area contributed by atoms with E-state index < -0.39 is 23.4 Å². The maximum absolute atomic E-state index is 12.0. The van der Waals surface area contributed by atoms with Crippen LogP contribution in [0.3, 0.4) is 0 Å². The van der Waals surface area contributed by atoms with Crippen molar-refractivity contribution in [2.75, 3.05) is 24.3 Å². The molecule has 160 valence electrons. The molecule has 0 aliphatic rings. The Morgan fingerprint density at radius 2 is 1.90 bits per heavy atom. The second kappa shape index (κ2) is 11.2. The SMILES string of the molecule is CCOc1ccc(NC(=O)COC(=O)CCSc2ccc(C)c(C)c2)c([N+](=O)[O-])c1. The number of esters is 1. The molecule has 0 bridgehead atoms. The first-order chi connectivity index (χ1) is 14.3. The van der Waals surface area contributed by atoms with Crippen molar-refractivity contribution in [3.63, 3.8) is 0 Å². The Morgan fingerprint density at radius 1 is 1.13 bits per heavy atom. The Bertz CT molecular complexity index is 932. The fourth-order valence-electron chi connectivity index (χ4n) is 2.49. The smallest absolute Gasteiger partial charge is 0.307 e. The molecular weight excluding hydrogens is 408 g/mol. The largest absolute Gasteiger partial charge is 0.494 e. The van der Waals surface area contributed by atoms with Crippen LogP contribution in [0.15, 0.2) is 41.3 Å². The van der Waals surface area contributed by atoms with Crippen molar-refractivity contribution in [2.24, 2.45) is 0 Å². The third-order valence-corrected chi connectivity index (χ3v) is 5.16. The minimum absolute atomic E-state index is 0.00907. The number of anilines is 1. The van der Waals surface area contributed by atoms with Crippen LogP contribution in [0, 0.1) is 24.0 Å². The molecule has 0 aliphatic carbocycles. The van der Waals surface area contributed by atoms with Crippen molar-refractivity contribution in [1.29, 1.82) is 0 Å². The summed E-state index contributed by atoms with van der Waals surface area (Å²) in [6.45, 7) is 5.67. The lowest BCUT2D eigenvalue weighted by Gasteiger charge is -2.09. The molecule has 2 rings (SSSR count). The first-order valence-electron chi connectivity index (χ1n) is 9.37. The number of nitro groups is 1. The molecule has 2 aromatic carbocycles. The number of benzene rings is 2. The molecule has 0 heterocycles. The van der Waals surface area contributed by atoms with Crippen LogP contribution in [0.1, 0.15) is 24.5 Å².